The summed E-state index contributed by atoms with van der Waals surface area (Å²) in [4.78, 5) is 16.3. The van der Waals surface area contributed by atoms with Crippen molar-refractivity contribution in [2.45, 2.75) is 45.2 Å². The van der Waals surface area contributed by atoms with E-state index in [0.29, 0.717) is 18.9 Å². The Labute approximate surface area is 160 Å². The summed E-state index contributed by atoms with van der Waals surface area (Å²) in [5.74, 6) is 1.57. The van der Waals surface area contributed by atoms with Gasteiger partial charge in [0, 0.05) is 30.5 Å². The average molecular weight is 388 g/mol. The van der Waals surface area contributed by atoms with Crippen LogP contribution in [0.1, 0.15) is 48.1 Å². The molecule has 2 aromatic heterocycles. The van der Waals surface area contributed by atoms with Crippen molar-refractivity contribution in [2.24, 2.45) is 0 Å². The number of pyridine rings is 1. The molecule has 0 radical (unpaired) electrons. The molecule has 4 rings (SSSR count). The fourth-order valence-corrected chi connectivity index (χ4v) is 5.22. The Morgan fingerprint density at radius 3 is 2.78 bits per heavy atom. The van der Waals surface area contributed by atoms with Gasteiger partial charge in [-0.05, 0) is 44.7 Å². The Hall–Kier alpha value is -2.06. The van der Waals surface area contributed by atoms with Gasteiger partial charge < -0.3 is 4.90 Å². The average Bonchev–Trinajstić information content (AvgIpc) is 3.13. The van der Waals surface area contributed by atoms with Gasteiger partial charge in [0.25, 0.3) is 0 Å². The molecule has 0 aliphatic carbocycles. The summed E-state index contributed by atoms with van der Waals surface area (Å²) >= 11 is 0. The van der Waals surface area contributed by atoms with Crippen LogP contribution >= 0.6 is 0 Å². The lowest BCUT2D eigenvalue weighted by Crippen LogP contribution is -2.34. The van der Waals surface area contributed by atoms with Crippen LogP contribution in [-0.4, -0.2) is 47.0 Å². The number of nitrogens with zero attached hydrogens (tertiary/aromatic N) is 5. The van der Waals surface area contributed by atoms with Gasteiger partial charge in [0.05, 0.1) is 24.5 Å². The van der Waals surface area contributed by atoms with E-state index in [2.05, 4.69) is 9.88 Å². The summed E-state index contributed by atoms with van der Waals surface area (Å²) in [6, 6.07) is 5.67. The molecule has 0 saturated carbocycles. The number of sulfonamides is 1. The van der Waals surface area contributed by atoms with Gasteiger partial charge in [0.1, 0.15) is 11.6 Å². The monoisotopic (exact) mass is 387 g/mol. The molecule has 0 bridgehead atoms. The minimum atomic E-state index is -3.27. The standard InChI is InChI=1S/C19H25N5O2S/c1-14-16-8-5-11-23(13-15-7-3-4-10-20-15)19(16)22-18(21-14)17-9-6-12-24(17)27(2,25)26/h3-4,7,10,17H,5-6,8-9,11-13H2,1-2H3. The van der Waals surface area contributed by atoms with Gasteiger partial charge in [-0.15, -0.1) is 0 Å². The van der Waals surface area contributed by atoms with Crippen LogP contribution in [0.15, 0.2) is 24.4 Å². The lowest BCUT2D eigenvalue weighted by Gasteiger charge is -2.32. The molecule has 2 aromatic rings. The van der Waals surface area contributed by atoms with Crippen molar-refractivity contribution < 1.29 is 8.42 Å². The Kier molecular flexibility index (Phi) is 4.86. The second-order valence-electron chi connectivity index (χ2n) is 7.35. The summed E-state index contributed by atoms with van der Waals surface area (Å²) in [5.41, 5.74) is 3.13. The van der Waals surface area contributed by atoms with Gasteiger partial charge in [-0.2, -0.15) is 4.31 Å². The van der Waals surface area contributed by atoms with E-state index in [1.54, 1.807) is 10.5 Å². The number of fused-ring (bicyclic) bond motifs is 1. The van der Waals surface area contributed by atoms with Crippen molar-refractivity contribution in [3.63, 3.8) is 0 Å². The van der Waals surface area contributed by atoms with Gasteiger partial charge in [0.15, 0.2) is 0 Å². The predicted octanol–water partition coefficient (Wildman–Crippen LogP) is 2.23. The fraction of sp³-hybridized carbons (Fsp3) is 0.526. The SMILES string of the molecule is Cc1nc(C2CCCN2S(C)(=O)=O)nc2c1CCCN2Cc1ccccn1. The molecular weight excluding hydrogens is 362 g/mol. The third-order valence-corrected chi connectivity index (χ3v) is 6.66. The Balaban J connectivity index is 1.71. The highest BCUT2D eigenvalue weighted by atomic mass is 32.2. The van der Waals surface area contributed by atoms with E-state index in [1.165, 1.54) is 11.8 Å². The zero-order valence-electron chi connectivity index (χ0n) is 15.8. The molecular formula is C19H25N5O2S. The maximum Gasteiger partial charge on any atom is 0.211 e. The fourth-order valence-electron chi connectivity index (χ4n) is 4.09. The van der Waals surface area contributed by atoms with Gasteiger partial charge in [0.2, 0.25) is 10.0 Å². The van der Waals surface area contributed by atoms with Crippen molar-refractivity contribution in [3.8, 4) is 0 Å². The van der Waals surface area contributed by atoms with Gasteiger partial charge in [-0.1, -0.05) is 6.07 Å². The van der Waals surface area contributed by atoms with Crippen molar-refractivity contribution in [2.75, 3.05) is 24.2 Å². The smallest absolute Gasteiger partial charge is 0.211 e. The first-order valence-corrected chi connectivity index (χ1v) is 11.3. The first-order chi connectivity index (χ1) is 12.9. The quantitative estimate of drug-likeness (QED) is 0.800. The summed E-state index contributed by atoms with van der Waals surface area (Å²) in [6.07, 6.45) is 6.70. The zero-order valence-corrected chi connectivity index (χ0v) is 16.6. The molecule has 1 unspecified atom stereocenters. The van der Waals surface area contributed by atoms with E-state index in [-0.39, 0.29) is 6.04 Å². The Bertz CT molecular complexity index is 933. The molecule has 1 atom stereocenters. The first-order valence-electron chi connectivity index (χ1n) is 9.42. The van der Waals surface area contributed by atoms with Crippen molar-refractivity contribution in [3.05, 3.63) is 47.2 Å². The molecule has 8 heteroatoms. The third-order valence-electron chi connectivity index (χ3n) is 5.37. The lowest BCUT2D eigenvalue weighted by atomic mass is 10.0. The minimum absolute atomic E-state index is 0.261. The second-order valence-corrected chi connectivity index (χ2v) is 9.28. The highest BCUT2D eigenvalue weighted by Gasteiger charge is 2.35. The van der Waals surface area contributed by atoms with Gasteiger partial charge in [-0.25, -0.2) is 18.4 Å². The lowest BCUT2D eigenvalue weighted by molar-refractivity contribution is 0.385. The van der Waals surface area contributed by atoms with Crippen LogP contribution in [0, 0.1) is 6.92 Å². The highest BCUT2D eigenvalue weighted by molar-refractivity contribution is 7.88. The molecule has 144 valence electrons. The molecule has 0 spiro atoms. The molecule has 4 heterocycles. The van der Waals surface area contributed by atoms with E-state index in [4.69, 9.17) is 9.97 Å². The summed E-state index contributed by atoms with van der Waals surface area (Å²) in [5, 5.41) is 0. The van der Waals surface area contributed by atoms with Crippen LogP contribution < -0.4 is 4.90 Å². The summed E-state index contributed by atoms with van der Waals surface area (Å²) in [6.45, 7) is 4.17. The number of aryl methyl sites for hydroxylation is 1. The van der Waals surface area contributed by atoms with E-state index in [0.717, 1.165) is 49.4 Å². The maximum atomic E-state index is 12.1. The van der Waals surface area contributed by atoms with E-state index >= 15 is 0 Å². The summed E-state index contributed by atoms with van der Waals surface area (Å²) < 4.78 is 25.8. The topological polar surface area (TPSA) is 79.3 Å². The first kappa shape index (κ1) is 18.3. The van der Waals surface area contributed by atoms with Crippen LogP contribution in [0.2, 0.25) is 0 Å². The molecule has 0 N–H and O–H groups in total. The zero-order chi connectivity index (χ0) is 19.0. The van der Waals surface area contributed by atoms with Crippen molar-refractivity contribution >= 4 is 15.8 Å². The van der Waals surface area contributed by atoms with Crippen molar-refractivity contribution in [1.29, 1.82) is 0 Å². The number of rotatable bonds is 4. The molecule has 1 fully saturated rings. The molecule has 2 aliphatic heterocycles. The van der Waals surface area contributed by atoms with Crippen LogP contribution in [0.5, 0.6) is 0 Å². The Morgan fingerprint density at radius 2 is 2.04 bits per heavy atom. The summed E-state index contributed by atoms with van der Waals surface area (Å²) in [7, 11) is -3.27. The van der Waals surface area contributed by atoms with Gasteiger partial charge >= 0.3 is 0 Å². The number of hydrogen-bond acceptors (Lipinski definition) is 6. The Morgan fingerprint density at radius 1 is 1.19 bits per heavy atom. The molecule has 7 nitrogen and oxygen atoms in total. The van der Waals surface area contributed by atoms with E-state index < -0.39 is 10.0 Å². The van der Waals surface area contributed by atoms with Crippen LogP contribution in [0.25, 0.3) is 0 Å². The van der Waals surface area contributed by atoms with Crippen molar-refractivity contribution in [1.82, 2.24) is 19.3 Å². The van der Waals surface area contributed by atoms with Gasteiger partial charge in [-0.3, -0.25) is 4.98 Å². The maximum absolute atomic E-state index is 12.1. The highest BCUT2D eigenvalue weighted by Crippen LogP contribution is 2.35. The molecule has 0 amide bonds. The number of hydrogen-bond donors (Lipinski definition) is 0. The van der Waals surface area contributed by atoms with E-state index in [1.807, 2.05) is 25.1 Å². The molecule has 27 heavy (non-hydrogen) atoms. The molecule has 0 aromatic carbocycles. The van der Waals surface area contributed by atoms with Crippen LogP contribution in [0.4, 0.5) is 5.82 Å². The normalized spacial score (nSPS) is 20.7. The second kappa shape index (κ2) is 7.16. The predicted molar refractivity (Wildman–Crippen MR) is 104 cm³/mol. The molecule has 2 aliphatic rings. The van der Waals surface area contributed by atoms with E-state index in [9.17, 15) is 8.42 Å². The minimum Gasteiger partial charge on any atom is -0.350 e. The molecule has 1 saturated heterocycles. The number of aromatic nitrogens is 3. The van der Waals surface area contributed by atoms with Crippen LogP contribution in [0.3, 0.4) is 0 Å². The van der Waals surface area contributed by atoms with Crippen LogP contribution in [-0.2, 0) is 23.0 Å². The largest absolute Gasteiger partial charge is 0.350 e. The number of anilines is 1. The third kappa shape index (κ3) is 3.68.